The Kier molecular flexibility index (Phi) is 7.64. The second kappa shape index (κ2) is 8.15. The molecule has 0 aliphatic heterocycles. The van der Waals surface area contributed by atoms with Crippen molar-refractivity contribution in [3.05, 3.63) is 23.8 Å². The van der Waals surface area contributed by atoms with Gasteiger partial charge in [-0.2, -0.15) is 0 Å². The molecule has 3 N–H and O–H groups in total. The SMILES string of the molecule is CS(=O)(=O)NCCC(=CC=CC(=O)O)CNS(C)(=O)=O. The first kappa shape index (κ1) is 18.8. The van der Waals surface area contributed by atoms with Gasteiger partial charge in [-0.3, -0.25) is 0 Å². The minimum atomic E-state index is -3.38. The van der Waals surface area contributed by atoms with Crippen LogP contribution in [0.1, 0.15) is 6.42 Å². The maximum absolute atomic E-state index is 11.0. The van der Waals surface area contributed by atoms with E-state index in [0.717, 1.165) is 18.6 Å². The molecule has 0 aromatic heterocycles. The third-order valence-electron chi connectivity index (χ3n) is 1.94. The Balaban J connectivity index is 4.66. The fraction of sp³-hybridized carbons (Fsp3) is 0.500. The van der Waals surface area contributed by atoms with Crippen LogP contribution in [0.25, 0.3) is 0 Å². The lowest BCUT2D eigenvalue weighted by molar-refractivity contribution is -0.131. The Morgan fingerprint density at radius 3 is 2.10 bits per heavy atom. The Morgan fingerprint density at radius 1 is 1.10 bits per heavy atom. The molecule has 0 saturated heterocycles. The van der Waals surface area contributed by atoms with E-state index in [1.165, 1.54) is 12.2 Å². The van der Waals surface area contributed by atoms with E-state index in [4.69, 9.17) is 5.11 Å². The molecule has 0 bridgehead atoms. The van der Waals surface area contributed by atoms with Crippen LogP contribution in [0.5, 0.6) is 0 Å². The summed E-state index contributed by atoms with van der Waals surface area (Å²) in [6.45, 7) is 0.0747. The van der Waals surface area contributed by atoms with E-state index in [2.05, 4.69) is 9.44 Å². The van der Waals surface area contributed by atoms with Gasteiger partial charge in [-0.05, 0) is 6.42 Å². The Labute approximate surface area is 118 Å². The Morgan fingerprint density at radius 2 is 1.65 bits per heavy atom. The summed E-state index contributed by atoms with van der Waals surface area (Å²) in [5.74, 6) is -1.13. The molecule has 0 spiro atoms. The maximum Gasteiger partial charge on any atom is 0.328 e. The lowest BCUT2D eigenvalue weighted by atomic mass is 10.2. The van der Waals surface area contributed by atoms with Gasteiger partial charge in [-0.1, -0.05) is 17.7 Å². The maximum atomic E-state index is 11.0. The van der Waals surface area contributed by atoms with Crippen molar-refractivity contribution in [2.75, 3.05) is 25.6 Å². The monoisotopic (exact) mass is 326 g/mol. The molecule has 8 nitrogen and oxygen atoms in total. The van der Waals surface area contributed by atoms with Gasteiger partial charge in [0.25, 0.3) is 0 Å². The number of carboxylic acid groups (broad SMARTS) is 1. The lowest BCUT2D eigenvalue weighted by Gasteiger charge is -2.08. The van der Waals surface area contributed by atoms with Crippen LogP contribution in [-0.2, 0) is 24.8 Å². The van der Waals surface area contributed by atoms with E-state index in [-0.39, 0.29) is 19.5 Å². The molecule has 0 unspecified atom stereocenters. The predicted molar refractivity (Wildman–Crippen MR) is 75.2 cm³/mol. The highest BCUT2D eigenvalue weighted by atomic mass is 32.2. The molecule has 0 radical (unpaired) electrons. The number of rotatable bonds is 9. The van der Waals surface area contributed by atoms with Gasteiger partial charge in [0, 0.05) is 19.2 Å². The first-order chi connectivity index (χ1) is 8.99. The van der Waals surface area contributed by atoms with Crippen LogP contribution in [0, 0.1) is 0 Å². The van der Waals surface area contributed by atoms with E-state index in [0.29, 0.717) is 5.57 Å². The summed E-state index contributed by atoms with van der Waals surface area (Å²) < 4.78 is 48.3. The zero-order valence-corrected chi connectivity index (χ0v) is 12.8. The molecule has 0 aromatic carbocycles. The third kappa shape index (κ3) is 13.2. The van der Waals surface area contributed by atoms with Gasteiger partial charge < -0.3 is 5.11 Å². The van der Waals surface area contributed by atoms with Crippen molar-refractivity contribution >= 4 is 26.0 Å². The standard InChI is InChI=1S/C10H18N2O6S2/c1-19(15,16)11-7-6-9(4-3-5-10(13)14)8-12-20(2,17)18/h3-5,11-12H,6-8H2,1-2H3,(H,13,14). The number of allylic oxidation sites excluding steroid dienone is 2. The highest BCUT2D eigenvalue weighted by Crippen LogP contribution is 2.01. The number of carboxylic acids is 1. The molecule has 116 valence electrons. The molecule has 0 rings (SSSR count). The third-order valence-corrected chi connectivity index (χ3v) is 3.34. The molecule has 20 heavy (non-hydrogen) atoms. The zero-order valence-electron chi connectivity index (χ0n) is 11.2. The molecule has 0 fully saturated rings. The number of sulfonamides is 2. The van der Waals surface area contributed by atoms with Crippen molar-refractivity contribution in [3.63, 3.8) is 0 Å². The molecular formula is C10H18N2O6S2. The van der Waals surface area contributed by atoms with E-state index in [1.54, 1.807) is 0 Å². The van der Waals surface area contributed by atoms with Gasteiger partial charge in [0.15, 0.2) is 0 Å². The lowest BCUT2D eigenvalue weighted by Crippen LogP contribution is -2.27. The second-order valence-corrected chi connectivity index (χ2v) is 7.70. The molecule has 0 amide bonds. The van der Waals surface area contributed by atoms with Crippen LogP contribution in [0.15, 0.2) is 23.8 Å². The smallest absolute Gasteiger partial charge is 0.328 e. The number of hydrogen-bond donors (Lipinski definition) is 3. The van der Waals surface area contributed by atoms with E-state index in [1.807, 2.05) is 0 Å². The van der Waals surface area contributed by atoms with Crippen molar-refractivity contribution in [2.24, 2.45) is 0 Å². The van der Waals surface area contributed by atoms with Crippen LogP contribution in [0.4, 0.5) is 0 Å². The van der Waals surface area contributed by atoms with Crippen molar-refractivity contribution in [2.45, 2.75) is 6.42 Å². The van der Waals surface area contributed by atoms with Crippen molar-refractivity contribution in [1.29, 1.82) is 0 Å². The molecule has 0 saturated carbocycles. The quantitative estimate of drug-likeness (QED) is 0.370. The van der Waals surface area contributed by atoms with Gasteiger partial charge >= 0.3 is 5.97 Å². The number of carbonyl (C=O) groups is 1. The van der Waals surface area contributed by atoms with E-state index >= 15 is 0 Å². The van der Waals surface area contributed by atoms with E-state index in [9.17, 15) is 21.6 Å². The van der Waals surface area contributed by atoms with Gasteiger partial charge in [0.05, 0.1) is 12.5 Å². The summed E-state index contributed by atoms with van der Waals surface area (Å²) in [5.41, 5.74) is 0.545. The number of nitrogens with one attached hydrogen (secondary N) is 2. The fourth-order valence-corrected chi connectivity index (χ4v) is 2.04. The van der Waals surface area contributed by atoms with Crippen LogP contribution < -0.4 is 9.44 Å². The van der Waals surface area contributed by atoms with Gasteiger partial charge in [-0.25, -0.2) is 31.1 Å². The molecular weight excluding hydrogens is 308 g/mol. The van der Waals surface area contributed by atoms with Crippen LogP contribution >= 0.6 is 0 Å². The van der Waals surface area contributed by atoms with Crippen molar-refractivity contribution < 1.29 is 26.7 Å². The summed E-state index contributed by atoms with van der Waals surface area (Å²) in [6, 6.07) is 0. The fourth-order valence-electron chi connectivity index (χ4n) is 1.12. The summed E-state index contributed by atoms with van der Waals surface area (Å²) >= 11 is 0. The largest absolute Gasteiger partial charge is 0.478 e. The van der Waals surface area contributed by atoms with Gasteiger partial charge in [0.1, 0.15) is 0 Å². The Hall–Kier alpha value is -1.23. The summed E-state index contributed by atoms with van der Waals surface area (Å²) in [4.78, 5) is 10.3. The molecule has 10 heteroatoms. The van der Waals surface area contributed by atoms with Crippen molar-refractivity contribution in [1.82, 2.24) is 9.44 Å². The average Bonchev–Trinajstić information content (AvgIpc) is 2.21. The van der Waals surface area contributed by atoms with Crippen LogP contribution in [-0.4, -0.2) is 53.5 Å². The molecule has 0 heterocycles. The van der Waals surface area contributed by atoms with Gasteiger partial charge in [0.2, 0.25) is 20.0 Å². The first-order valence-electron chi connectivity index (χ1n) is 5.48. The van der Waals surface area contributed by atoms with Gasteiger partial charge in [-0.15, -0.1) is 0 Å². The molecule has 0 atom stereocenters. The first-order valence-corrected chi connectivity index (χ1v) is 9.26. The van der Waals surface area contributed by atoms with Crippen molar-refractivity contribution in [3.8, 4) is 0 Å². The highest BCUT2D eigenvalue weighted by molar-refractivity contribution is 7.89. The van der Waals surface area contributed by atoms with Crippen LogP contribution in [0.3, 0.4) is 0 Å². The highest BCUT2D eigenvalue weighted by Gasteiger charge is 2.05. The summed E-state index contributed by atoms with van der Waals surface area (Å²) in [5, 5.41) is 8.45. The minimum Gasteiger partial charge on any atom is -0.478 e. The Bertz CT molecular complexity index is 589. The topological polar surface area (TPSA) is 130 Å². The molecule has 0 aromatic rings. The predicted octanol–water partition coefficient (Wildman–Crippen LogP) is -0.958. The summed E-state index contributed by atoms with van der Waals surface area (Å²) in [6.07, 6.45) is 5.82. The molecule has 0 aliphatic rings. The minimum absolute atomic E-state index is 0.0196. The van der Waals surface area contributed by atoms with E-state index < -0.39 is 26.0 Å². The summed E-state index contributed by atoms with van der Waals surface area (Å²) in [7, 11) is -6.71. The zero-order chi connectivity index (χ0) is 15.8. The molecule has 0 aliphatic carbocycles. The number of aliphatic carboxylic acids is 1. The number of hydrogen-bond acceptors (Lipinski definition) is 5. The normalized spacial score (nSPS) is 13.8. The second-order valence-electron chi connectivity index (χ2n) is 4.03. The average molecular weight is 326 g/mol. The van der Waals surface area contributed by atoms with Crippen LogP contribution in [0.2, 0.25) is 0 Å².